The van der Waals surface area contributed by atoms with Gasteiger partial charge < -0.3 is 15.4 Å². The Hall–Kier alpha value is -2.08. The molecule has 5 nitrogen and oxygen atoms in total. The molecule has 25 heavy (non-hydrogen) atoms. The predicted octanol–water partition coefficient (Wildman–Crippen LogP) is 2.59. The molecule has 2 N–H and O–H groups in total. The van der Waals surface area contributed by atoms with Gasteiger partial charge in [-0.2, -0.15) is 0 Å². The van der Waals surface area contributed by atoms with E-state index in [9.17, 15) is 0 Å². The maximum absolute atomic E-state index is 5.55. The molecule has 1 aliphatic rings. The first-order valence-corrected chi connectivity index (χ1v) is 9.79. The molecular weight excluding hydrogens is 332 g/mol. The minimum Gasteiger partial charge on any atom is -0.493 e. The van der Waals surface area contributed by atoms with Gasteiger partial charge in [0.1, 0.15) is 5.75 Å². The Morgan fingerprint density at radius 2 is 2.12 bits per heavy atom. The molecule has 0 aliphatic carbocycles. The van der Waals surface area contributed by atoms with Crippen LogP contribution in [-0.4, -0.2) is 37.7 Å². The molecule has 0 atom stereocenters. The average molecular weight is 359 g/mol. The molecule has 0 bridgehead atoms. The second kappa shape index (κ2) is 8.85. The second-order valence-corrected chi connectivity index (χ2v) is 7.00. The fourth-order valence-electron chi connectivity index (χ4n) is 2.88. The van der Waals surface area contributed by atoms with Crippen LogP contribution in [0.25, 0.3) is 0 Å². The molecular formula is C19H26N4OS. The van der Waals surface area contributed by atoms with Crippen LogP contribution in [0.4, 0.5) is 0 Å². The summed E-state index contributed by atoms with van der Waals surface area (Å²) in [6.45, 7) is 4.64. The fourth-order valence-corrected chi connectivity index (χ4v) is 3.66. The van der Waals surface area contributed by atoms with Crippen molar-refractivity contribution in [2.24, 2.45) is 4.99 Å². The summed E-state index contributed by atoms with van der Waals surface area (Å²) in [5.41, 5.74) is 3.82. The summed E-state index contributed by atoms with van der Waals surface area (Å²) in [6, 6.07) is 6.49. The summed E-state index contributed by atoms with van der Waals surface area (Å²) in [5, 5.41) is 10.1. The van der Waals surface area contributed by atoms with Crippen LogP contribution in [-0.2, 0) is 25.7 Å². The third kappa shape index (κ3) is 4.95. The van der Waals surface area contributed by atoms with E-state index < -0.39 is 0 Å². The number of nitrogens with one attached hydrogen (secondary N) is 2. The summed E-state index contributed by atoms with van der Waals surface area (Å²) in [5.74, 6) is 1.89. The first kappa shape index (κ1) is 17.7. The van der Waals surface area contributed by atoms with Gasteiger partial charge in [-0.1, -0.05) is 19.1 Å². The third-order valence-corrected chi connectivity index (χ3v) is 5.30. The number of benzene rings is 1. The van der Waals surface area contributed by atoms with Gasteiger partial charge in [0.2, 0.25) is 0 Å². The third-order valence-electron chi connectivity index (χ3n) is 4.26. The van der Waals surface area contributed by atoms with E-state index in [2.05, 4.69) is 51.1 Å². The average Bonchev–Trinajstić information content (AvgIpc) is 3.28. The second-order valence-electron chi connectivity index (χ2n) is 6.05. The first-order valence-electron chi connectivity index (χ1n) is 8.91. The SMILES string of the molecule is CCc1nc(CCNC(=NC)NCCc2ccc3c(c2)CCO3)cs1. The van der Waals surface area contributed by atoms with Crippen LogP contribution in [0.5, 0.6) is 5.75 Å². The van der Waals surface area contributed by atoms with Crippen molar-refractivity contribution in [3.63, 3.8) is 0 Å². The van der Waals surface area contributed by atoms with Crippen molar-refractivity contribution in [1.29, 1.82) is 0 Å². The van der Waals surface area contributed by atoms with Gasteiger partial charge >= 0.3 is 0 Å². The summed E-state index contributed by atoms with van der Waals surface area (Å²) in [6.07, 6.45) is 3.92. The number of nitrogens with zero attached hydrogens (tertiary/aromatic N) is 2. The Morgan fingerprint density at radius 3 is 2.88 bits per heavy atom. The van der Waals surface area contributed by atoms with Crippen molar-refractivity contribution in [2.75, 3.05) is 26.7 Å². The molecule has 134 valence electrons. The molecule has 0 unspecified atom stereocenters. The van der Waals surface area contributed by atoms with E-state index in [0.29, 0.717) is 0 Å². The molecule has 0 radical (unpaired) electrons. The van der Waals surface area contributed by atoms with Crippen LogP contribution in [0.1, 0.15) is 28.8 Å². The fraction of sp³-hybridized carbons (Fsp3) is 0.474. The summed E-state index contributed by atoms with van der Waals surface area (Å²) >= 11 is 1.74. The highest BCUT2D eigenvalue weighted by molar-refractivity contribution is 7.09. The van der Waals surface area contributed by atoms with Gasteiger partial charge in [0.05, 0.1) is 17.3 Å². The van der Waals surface area contributed by atoms with Crippen LogP contribution in [0.15, 0.2) is 28.6 Å². The molecule has 3 rings (SSSR count). The normalized spacial score (nSPS) is 13.4. The number of aromatic nitrogens is 1. The Bertz CT molecular complexity index is 726. The number of guanidine groups is 1. The van der Waals surface area contributed by atoms with Crippen molar-refractivity contribution in [1.82, 2.24) is 15.6 Å². The topological polar surface area (TPSA) is 58.5 Å². The van der Waals surface area contributed by atoms with Crippen molar-refractivity contribution in [2.45, 2.75) is 32.6 Å². The highest BCUT2D eigenvalue weighted by atomic mass is 32.1. The Labute approximate surface area is 153 Å². The molecule has 0 amide bonds. The molecule has 2 heterocycles. The maximum atomic E-state index is 5.55. The number of thiazole rings is 1. The van der Waals surface area contributed by atoms with Gasteiger partial charge in [0.15, 0.2) is 5.96 Å². The first-order chi connectivity index (χ1) is 12.3. The number of aliphatic imine (C=N–C) groups is 1. The van der Waals surface area contributed by atoms with E-state index >= 15 is 0 Å². The zero-order chi connectivity index (χ0) is 17.5. The zero-order valence-corrected chi connectivity index (χ0v) is 15.8. The predicted molar refractivity (Wildman–Crippen MR) is 104 cm³/mol. The van der Waals surface area contributed by atoms with Crippen LogP contribution in [0.2, 0.25) is 0 Å². The van der Waals surface area contributed by atoms with Crippen molar-refractivity contribution < 1.29 is 4.74 Å². The number of hydrogen-bond acceptors (Lipinski definition) is 4. The van der Waals surface area contributed by atoms with Crippen molar-refractivity contribution in [3.05, 3.63) is 45.4 Å². The van der Waals surface area contributed by atoms with Crippen molar-refractivity contribution >= 4 is 17.3 Å². The molecule has 0 saturated carbocycles. The molecule has 2 aromatic rings. The van der Waals surface area contributed by atoms with E-state index in [4.69, 9.17) is 4.74 Å². The largest absolute Gasteiger partial charge is 0.493 e. The Balaban J connectivity index is 1.39. The number of ether oxygens (including phenoxy) is 1. The van der Waals surface area contributed by atoms with Gasteiger partial charge in [-0.05, 0) is 30.0 Å². The molecule has 1 aliphatic heterocycles. The minimum absolute atomic E-state index is 0.812. The molecule has 0 spiro atoms. The molecule has 0 saturated heterocycles. The van der Waals surface area contributed by atoms with Crippen LogP contribution < -0.4 is 15.4 Å². The van der Waals surface area contributed by atoms with Crippen LogP contribution in [0.3, 0.4) is 0 Å². The number of aryl methyl sites for hydroxylation is 1. The molecule has 1 aromatic carbocycles. The van der Waals surface area contributed by atoms with Gasteiger partial charge in [-0.25, -0.2) is 4.98 Å². The number of hydrogen-bond donors (Lipinski definition) is 2. The number of fused-ring (bicyclic) bond motifs is 1. The van der Waals surface area contributed by atoms with Gasteiger partial charge in [-0.3, -0.25) is 4.99 Å². The minimum atomic E-state index is 0.812. The Morgan fingerprint density at radius 1 is 1.28 bits per heavy atom. The van der Waals surface area contributed by atoms with E-state index in [1.54, 1.807) is 18.4 Å². The Kier molecular flexibility index (Phi) is 6.28. The van der Waals surface area contributed by atoms with E-state index in [1.165, 1.54) is 16.1 Å². The van der Waals surface area contributed by atoms with E-state index in [-0.39, 0.29) is 0 Å². The van der Waals surface area contributed by atoms with Gasteiger partial charge in [-0.15, -0.1) is 11.3 Å². The highest BCUT2D eigenvalue weighted by Gasteiger charge is 2.11. The summed E-state index contributed by atoms with van der Waals surface area (Å²) in [7, 11) is 1.81. The van der Waals surface area contributed by atoms with E-state index in [0.717, 1.165) is 62.8 Å². The standard InChI is InChI=1S/C19H26N4OS/c1-3-18-23-16(13-25-18)7-10-22-19(20-2)21-9-6-14-4-5-17-15(12-14)8-11-24-17/h4-5,12-13H,3,6-11H2,1-2H3,(H2,20,21,22). The van der Waals surface area contributed by atoms with Crippen LogP contribution >= 0.6 is 11.3 Å². The van der Waals surface area contributed by atoms with Gasteiger partial charge in [0, 0.05) is 38.4 Å². The zero-order valence-electron chi connectivity index (χ0n) is 15.0. The lowest BCUT2D eigenvalue weighted by atomic mass is 10.1. The van der Waals surface area contributed by atoms with Crippen LogP contribution in [0, 0.1) is 0 Å². The lowest BCUT2D eigenvalue weighted by molar-refractivity contribution is 0.357. The number of rotatable bonds is 7. The smallest absolute Gasteiger partial charge is 0.190 e. The lowest BCUT2D eigenvalue weighted by Crippen LogP contribution is -2.39. The summed E-state index contributed by atoms with van der Waals surface area (Å²) < 4.78 is 5.55. The molecule has 0 fully saturated rings. The molecule has 1 aromatic heterocycles. The highest BCUT2D eigenvalue weighted by Crippen LogP contribution is 2.25. The summed E-state index contributed by atoms with van der Waals surface area (Å²) in [4.78, 5) is 8.88. The maximum Gasteiger partial charge on any atom is 0.190 e. The molecule has 6 heteroatoms. The lowest BCUT2D eigenvalue weighted by Gasteiger charge is -2.11. The monoisotopic (exact) mass is 358 g/mol. The van der Waals surface area contributed by atoms with E-state index in [1.807, 2.05) is 0 Å². The van der Waals surface area contributed by atoms with Gasteiger partial charge in [0.25, 0.3) is 0 Å². The van der Waals surface area contributed by atoms with Crippen molar-refractivity contribution in [3.8, 4) is 5.75 Å². The quantitative estimate of drug-likeness (QED) is 0.590.